The third-order valence-electron chi connectivity index (χ3n) is 2.92. The largest absolute Gasteiger partial charge is 0.481 e. The monoisotopic (exact) mass is 329 g/mol. The van der Waals surface area contributed by atoms with E-state index < -0.39 is 0 Å². The summed E-state index contributed by atoms with van der Waals surface area (Å²) in [6.45, 7) is 3.05. The lowest BCUT2D eigenvalue weighted by Crippen LogP contribution is -2.03. The second-order valence-electron chi connectivity index (χ2n) is 4.42. The van der Waals surface area contributed by atoms with Crippen molar-refractivity contribution in [1.82, 2.24) is 0 Å². The normalized spacial score (nSPS) is 9.85. The van der Waals surface area contributed by atoms with Crippen molar-refractivity contribution in [1.29, 1.82) is 0 Å². The number of hydrogen-bond donors (Lipinski definition) is 1. The molecule has 2 aromatic rings. The fourth-order valence-corrected chi connectivity index (χ4v) is 2.11. The van der Waals surface area contributed by atoms with Crippen molar-refractivity contribution in [2.45, 2.75) is 13.5 Å². The van der Waals surface area contributed by atoms with Crippen LogP contribution < -0.4 is 10.1 Å². The minimum Gasteiger partial charge on any atom is -0.481 e. The molecule has 0 amide bonds. The van der Waals surface area contributed by atoms with Crippen molar-refractivity contribution in [3.63, 3.8) is 0 Å². The number of hydrogen-bond acceptors (Lipinski definition) is 2. The number of nitrogens with one attached hydrogen (secondary N) is 1. The topological polar surface area (TPSA) is 21.3 Å². The van der Waals surface area contributed by atoms with E-state index in [9.17, 15) is 0 Å². The van der Waals surface area contributed by atoms with E-state index in [1.54, 1.807) is 0 Å². The third-order valence-corrected chi connectivity index (χ3v) is 3.81. The number of para-hydroxylation sites is 1. The lowest BCUT2D eigenvalue weighted by Gasteiger charge is -2.12. The summed E-state index contributed by atoms with van der Waals surface area (Å²) in [5.74, 6) is 3.31. The van der Waals surface area contributed by atoms with Crippen LogP contribution in [-0.4, -0.2) is 6.61 Å². The summed E-state index contributed by atoms with van der Waals surface area (Å²) in [7, 11) is 0. The van der Waals surface area contributed by atoms with Crippen LogP contribution in [0.2, 0.25) is 0 Å². The van der Waals surface area contributed by atoms with Gasteiger partial charge in [-0.25, -0.2) is 0 Å². The maximum absolute atomic E-state index is 5.53. The number of benzene rings is 2. The van der Waals surface area contributed by atoms with Gasteiger partial charge in [0.25, 0.3) is 0 Å². The highest BCUT2D eigenvalue weighted by Gasteiger charge is 2.03. The van der Waals surface area contributed by atoms with Crippen LogP contribution in [0.15, 0.2) is 46.9 Å². The molecule has 0 unspecified atom stereocenters. The average Bonchev–Trinajstić information content (AvgIpc) is 2.47. The molecule has 0 aliphatic heterocycles. The number of anilines is 1. The Hall–Kier alpha value is -1.92. The standard InChI is InChI=1S/C17H16BrNO/c1-3-10-20-17-7-5-4-6-14(17)12-19-15-8-9-16(18)13(2)11-15/h1,4-9,11,19H,10,12H2,2H3. The van der Waals surface area contributed by atoms with E-state index in [2.05, 4.69) is 40.2 Å². The molecule has 0 radical (unpaired) electrons. The van der Waals surface area contributed by atoms with Crippen molar-refractivity contribution in [2.24, 2.45) is 0 Å². The SMILES string of the molecule is C#CCOc1ccccc1CNc1ccc(Br)c(C)c1. The maximum Gasteiger partial charge on any atom is 0.148 e. The molecule has 20 heavy (non-hydrogen) atoms. The highest BCUT2D eigenvalue weighted by atomic mass is 79.9. The number of aryl methyl sites for hydroxylation is 1. The van der Waals surface area contributed by atoms with Crippen LogP contribution in [0.5, 0.6) is 5.75 Å². The summed E-state index contributed by atoms with van der Waals surface area (Å²) < 4.78 is 6.65. The molecule has 0 aromatic heterocycles. The van der Waals surface area contributed by atoms with Gasteiger partial charge in [-0.05, 0) is 36.8 Å². The molecule has 0 aliphatic rings. The lowest BCUT2D eigenvalue weighted by atomic mass is 10.2. The van der Waals surface area contributed by atoms with Crippen molar-refractivity contribution in [3.05, 3.63) is 58.1 Å². The second-order valence-corrected chi connectivity index (χ2v) is 5.27. The molecule has 2 rings (SSSR count). The van der Waals surface area contributed by atoms with E-state index in [0.29, 0.717) is 6.54 Å². The summed E-state index contributed by atoms with van der Waals surface area (Å²) in [5.41, 5.74) is 3.37. The van der Waals surface area contributed by atoms with Crippen LogP contribution in [0.1, 0.15) is 11.1 Å². The molecule has 3 heteroatoms. The van der Waals surface area contributed by atoms with Crippen molar-refractivity contribution < 1.29 is 4.74 Å². The molecule has 2 aromatic carbocycles. The molecule has 0 spiro atoms. The van der Waals surface area contributed by atoms with Crippen LogP contribution >= 0.6 is 15.9 Å². The van der Waals surface area contributed by atoms with Gasteiger partial charge in [-0.2, -0.15) is 0 Å². The Bertz CT molecular complexity index is 631. The first-order valence-electron chi connectivity index (χ1n) is 6.35. The molecule has 1 N–H and O–H groups in total. The van der Waals surface area contributed by atoms with E-state index >= 15 is 0 Å². The first kappa shape index (κ1) is 14.5. The summed E-state index contributed by atoms with van der Waals surface area (Å²) >= 11 is 3.50. The molecule has 102 valence electrons. The van der Waals surface area contributed by atoms with E-state index in [4.69, 9.17) is 11.2 Å². The zero-order valence-electron chi connectivity index (χ0n) is 11.3. The summed E-state index contributed by atoms with van der Waals surface area (Å²) in [6.07, 6.45) is 5.23. The molecular weight excluding hydrogens is 314 g/mol. The molecule has 2 nitrogen and oxygen atoms in total. The van der Waals surface area contributed by atoms with Crippen LogP contribution in [0.25, 0.3) is 0 Å². The van der Waals surface area contributed by atoms with Gasteiger partial charge < -0.3 is 10.1 Å². The van der Waals surface area contributed by atoms with Gasteiger partial charge in [0.1, 0.15) is 12.4 Å². The Morgan fingerprint density at radius 1 is 1.25 bits per heavy atom. The number of ether oxygens (including phenoxy) is 1. The van der Waals surface area contributed by atoms with Crippen LogP contribution in [0.3, 0.4) is 0 Å². The van der Waals surface area contributed by atoms with E-state index in [1.165, 1.54) is 5.56 Å². The molecule has 0 bridgehead atoms. The molecular formula is C17H16BrNO. The van der Waals surface area contributed by atoms with Gasteiger partial charge in [0, 0.05) is 22.3 Å². The number of halogens is 1. The molecule has 0 aliphatic carbocycles. The van der Waals surface area contributed by atoms with Gasteiger partial charge >= 0.3 is 0 Å². The van der Waals surface area contributed by atoms with Crippen molar-refractivity contribution >= 4 is 21.6 Å². The third kappa shape index (κ3) is 3.79. The fraction of sp³-hybridized carbons (Fsp3) is 0.176. The number of terminal acetylenes is 1. The van der Waals surface area contributed by atoms with Gasteiger partial charge in [-0.3, -0.25) is 0 Å². The first-order chi connectivity index (χ1) is 9.70. The Balaban J connectivity index is 2.06. The summed E-state index contributed by atoms with van der Waals surface area (Å²) in [4.78, 5) is 0. The predicted molar refractivity (Wildman–Crippen MR) is 87.0 cm³/mol. The molecule has 0 heterocycles. The Morgan fingerprint density at radius 3 is 2.80 bits per heavy atom. The Labute approximate surface area is 128 Å². The predicted octanol–water partition coefficient (Wildman–Crippen LogP) is 4.38. The summed E-state index contributed by atoms with van der Waals surface area (Å²) in [6, 6.07) is 14.1. The van der Waals surface area contributed by atoms with Crippen LogP contribution in [-0.2, 0) is 6.54 Å². The minimum atomic E-state index is 0.286. The van der Waals surface area contributed by atoms with E-state index in [1.807, 2.05) is 36.4 Å². The lowest BCUT2D eigenvalue weighted by molar-refractivity contribution is 0.366. The van der Waals surface area contributed by atoms with Crippen LogP contribution in [0.4, 0.5) is 5.69 Å². The molecule has 0 atom stereocenters. The molecule has 0 saturated carbocycles. The Morgan fingerprint density at radius 2 is 2.05 bits per heavy atom. The highest BCUT2D eigenvalue weighted by molar-refractivity contribution is 9.10. The maximum atomic E-state index is 5.53. The second kappa shape index (κ2) is 7.02. The van der Waals surface area contributed by atoms with Gasteiger partial charge in [0.05, 0.1) is 0 Å². The van der Waals surface area contributed by atoms with E-state index in [0.717, 1.165) is 21.5 Å². The summed E-state index contributed by atoms with van der Waals surface area (Å²) in [5, 5.41) is 3.39. The molecule has 0 saturated heterocycles. The zero-order chi connectivity index (χ0) is 14.4. The van der Waals surface area contributed by atoms with Crippen molar-refractivity contribution in [3.8, 4) is 18.1 Å². The quantitative estimate of drug-likeness (QED) is 0.822. The Kier molecular flexibility index (Phi) is 5.09. The van der Waals surface area contributed by atoms with Crippen LogP contribution in [0, 0.1) is 19.3 Å². The smallest absolute Gasteiger partial charge is 0.148 e. The molecule has 0 fully saturated rings. The van der Waals surface area contributed by atoms with Gasteiger partial charge in [0.15, 0.2) is 0 Å². The highest BCUT2D eigenvalue weighted by Crippen LogP contribution is 2.22. The van der Waals surface area contributed by atoms with Gasteiger partial charge in [-0.15, -0.1) is 6.42 Å². The van der Waals surface area contributed by atoms with E-state index in [-0.39, 0.29) is 6.61 Å². The first-order valence-corrected chi connectivity index (χ1v) is 7.14. The van der Waals surface area contributed by atoms with Crippen molar-refractivity contribution in [2.75, 3.05) is 11.9 Å². The fourth-order valence-electron chi connectivity index (χ4n) is 1.86. The number of rotatable bonds is 5. The average molecular weight is 330 g/mol. The van der Waals surface area contributed by atoms with Gasteiger partial charge in [-0.1, -0.05) is 40.0 Å². The minimum absolute atomic E-state index is 0.286. The van der Waals surface area contributed by atoms with Gasteiger partial charge in [0.2, 0.25) is 0 Å². The zero-order valence-corrected chi connectivity index (χ0v) is 12.9.